The van der Waals surface area contributed by atoms with Crippen LogP contribution in [0.4, 0.5) is 5.69 Å². The molecule has 1 heterocycles. The van der Waals surface area contributed by atoms with Crippen LogP contribution in [-0.2, 0) is 14.8 Å². The maximum absolute atomic E-state index is 13.1. The van der Waals surface area contributed by atoms with Crippen LogP contribution in [0.15, 0.2) is 65.6 Å². The van der Waals surface area contributed by atoms with Gasteiger partial charge in [-0.05, 0) is 60.4 Å². The molecule has 0 radical (unpaired) electrons. The number of fused-ring (bicyclic) bond motifs is 1. The van der Waals surface area contributed by atoms with E-state index in [0.717, 1.165) is 16.3 Å². The van der Waals surface area contributed by atoms with Crippen LogP contribution in [0.1, 0.15) is 18.4 Å². The number of hydrogen-bond donors (Lipinski definition) is 1. The Morgan fingerprint density at radius 3 is 2.43 bits per heavy atom. The minimum atomic E-state index is -3.59. The van der Waals surface area contributed by atoms with Crippen LogP contribution < -0.4 is 5.32 Å². The highest BCUT2D eigenvalue weighted by molar-refractivity contribution is 7.89. The first-order valence-corrected chi connectivity index (χ1v) is 11.7. The van der Waals surface area contributed by atoms with Crippen molar-refractivity contribution in [2.45, 2.75) is 24.7 Å². The lowest BCUT2D eigenvalue weighted by Gasteiger charge is -2.30. The summed E-state index contributed by atoms with van der Waals surface area (Å²) >= 11 is 6.12. The Morgan fingerprint density at radius 2 is 1.70 bits per heavy atom. The molecule has 0 aromatic heterocycles. The molecule has 3 aromatic carbocycles. The fourth-order valence-corrected chi connectivity index (χ4v) is 5.49. The van der Waals surface area contributed by atoms with Gasteiger partial charge in [-0.1, -0.05) is 48.0 Å². The van der Waals surface area contributed by atoms with E-state index in [1.807, 2.05) is 43.3 Å². The van der Waals surface area contributed by atoms with Crippen molar-refractivity contribution in [3.05, 3.63) is 71.2 Å². The second-order valence-electron chi connectivity index (χ2n) is 7.59. The molecule has 0 unspecified atom stereocenters. The average Bonchev–Trinajstić information content (AvgIpc) is 2.76. The van der Waals surface area contributed by atoms with Crippen LogP contribution in [-0.4, -0.2) is 31.7 Å². The van der Waals surface area contributed by atoms with Crippen molar-refractivity contribution >= 4 is 44.0 Å². The molecule has 3 aromatic rings. The fraction of sp³-hybridized carbons (Fsp3) is 0.261. The molecule has 7 heteroatoms. The van der Waals surface area contributed by atoms with E-state index in [4.69, 9.17) is 11.6 Å². The summed E-state index contributed by atoms with van der Waals surface area (Å²) in [5.74, 6) is -0.324. The highest BCUT2D eigenvalue weighted by Crippen LogP contribution is 2.28. The van der Waals surface area contributed by atoms with E-state index in [1.54, 1.807) is 24.3 Å². The molecule has 0 spiro atoms. The summed E-state index contributed by atoms with van der Waals surface area (Å²) in [5, 5.41) is 5.43. The number of piperidine rings is 1. The number of sulfonamides is 1. The van der Waals surface area contributed by atoms with Gasteiger partial charge >= 0.3 is 0 Å². The van der Waals surface area contributed by atoms with Gasteiger partial charge in [-0.2, -0.15) is 4.31 Å². The molecule has 5 nitrogen and oxygen atoms in total. The zero-order valence-corrected chi connectivity index (χ0v) is 18.2. The normalized spacial score (nSPS) is 15.9. The quantitative estimate of drug-likeness (QED) is 0.628. The Hall–Kier alpha value is -2.41. The lowest BCUT2D eigenvalue weighted by molar-refractivity contribution is -0.120. The van der Waals surface area contributed by atoms with E-state index >= 15 is 0 Å². The first-order chi connectivity index (χ1) is 14.4. The molecule has 1 saturated heterocycles. The lowest BCUT2D eigenvalue weighted by Crippen LogP contribution is -2.41. The first-order valence-electron chi connectivity index (χ1n) is 9.91. The van der Waals surface area contributed by atoms with Crippen LogP contribution in [0.3, 0.4) is 0 Å². The molecular weight excluding hydrogens is 420 g/mol. The Balaban J connectivity index is 1.44. The monoisotopic (exact) mass is 442 g/mol. The number of benzene rings is 3. The molecule has 4 rings (SSSR count). The molecule has 0 saturated carbocycles. The Kier molecular flexibility index (Phi) is 5.82. The van der Waals surface area contributed by atoms with E-state index < -0.39 is 10.0 Å². The molecular formula is C23H23ClN2O3S. The van der Waals surface area contributed by atoms with E-state index in [9.17, 15) is 13.2 Å². The zero-order chi connectivity index (χ0) is 21.3. The summed E-state index contributed by atoms with van der Waals surface area (Å²) in [6.45, 7) is 2.50. The lowest BCUT2D eigenvalue weighted by atomic mass is 9.97. The maximum Gasteiger partial charge on any atom is 0.243 e. The number of anilines is 1. The van der Waals surface area contributed by atoms with Gasteiger partial charge in [0.15, 0.2) is 0 Å². The maximum atomic E-state index is 13.1. The molecule has 0 bridgehead atoms. The Labute approximate surface area is 181 Å². The largest absolute Gasteiger partial charge is 0.326 e. The Bertz CT molecular complexity index is 1200. The van der Waals surface area contributed by atoms with Gasteiger partial charge in [-0.25, -0.2) is 8.42 Å². The topological polar surface area (TPSA) is 66.5 Å². The summed E-state index contributed by atoms with van der Waals surface area (Å²) in [4.78, 5) is 13.0. The third-order valence-corrected chi connectivity index (χ3v) is 8.01. The number of carbonyl (C=O) groups excluding carboxylic acids is 1. The van der Waals surface area contributed by atoms with Gasteiger partial charge in [0.2, 0.25) is 15.9 Å². The van der Waals surface area contributed by atoms with E-state index in [-0.39, 0.29) is 11.8 Å². The minimum Gasteiger partial charge on any atom is -0.326 e. The van der Waals surface area contributed by atoms with Gasteiger partial charge in [0.05, 0.1) is 4.90 Å². The Morgan fingerprint density at radius 1 is 1.00 bits per heavy atom. The van der Waals surface area contributed by atoms with Crippen molar-refractivity contribution in [1.82, 2.24) is 4.31 Å². The van der Waals surface area contributed by atoms with Gasteiger partial charge in [0, 0.05) is 29.7 Å². The summed E-state index contributed by atoms with van der Waals surface area (Å²) in [6, 6.07) is 18.3. The molecule has 156 valence electrons. The molecule has 30 heavy (non-hydrogen) atoms. The fourth-order valence-electron chi connectivity index (χ4n) is 3.81. The highest BCUT2D eigenvalue weighted by Gasteiger charge is 2.32. The van der Waals surface area contributed by atoms with Gasteiger partial charge < -0.3 is 5.32 Å². The molecule has 1 N–H and O–H groups in total. The number of nitrogens with zero attached hydrogens (tertiary/aromatic N) is 1. The van der Waals surface area contributed by atoms with Gasteiger partial charge in [-0.3, -0.25) is 4.79 Å². The van der Waals surface area contributed by atoms with E-state index in [0.29, 0.717) is 41.5 Å². The van der Waals surface area contributed by atoms with Gasteiger partial charge in [0.1, 0.15) is 0 Å². The number of nitrogens with one attached hydrogen (secondary N) is 1. The van der Waals surface area contributed by atoms with Crippen molar-refractivity contribution in [3.63, 3.8) is 0 Å². The average molecular weight is 443 g/mol. The van der Waals surface area contributed by atoms with E-state index in [2.05, 4.69) is 5.32 Å². The number of rotatable bonds is 4. The number of amides is 1. The van der Waals surface area contributed by atoms with Crippen molar-refractivity contribution in [2.24, 2.45) is 5.92 Å². The van der Waals surface area contributed by atoms with Crippen molar-refractivity contribution in [2.75, 3.05) is 18.4 Å². The molecule has 1 fully saturated rings. The first kappa shape index (κ1) is 20.8. The predicted octanol–water partition coefficient (Wildman–Crippen LogP) is 4.84. The molecule has 1 aliphatic rings. The predicted molar refractivity (Wildman–Crippen MR) is 120 cm³/mol. The third kappa shape index (κ3) is 4.08. The van der Waals surface area contributed by atoms with Crippen molar-refractivity contribution in [3.8, 4) is 0 Å². The van der Waals surface area contributed by atoms with Crippen molar-refractivity contribution < 1.29 is 13.2 Å². The molecule has 1 aliphatic heterocycles. The molecule has 0 aliphatic carbocycles. The smallest absolute Gasteiger partial charge is 0.243 e. The van der Waals surface area contributed by atoms with E-state index in [1.165, 1.54) is 4.31 Å². The zero-order valence-electron chi connectivity index (χ0n) is 16.6. The van der Waals surface area contributed by atoms with Gasteiger partial charge in [-0.15, -0.1) is 0 Å². The second-order valence-corrected chi connectivity index (χ2v) is 9.93. The second kappa shape index (κ2) is 8.38. The summed E-state index contributed by atoms with van der Waals surface area (Å²) in [7, 11) is -3.59. The standard InChI is InChI=1S/C23H23ClN2O3S/c1-16-21(24)7-4-8-22(16)25-23(27)18-11-13-26(14-12-18)30(28,29)20-10-9-17-5-2-3-6-19(17)15-20/h2-10,15,18H,11-14H2,1H3,(H,25,27). The van der Waals surface area contributed by atoms with Gasteiger partial charge in [0.25, 0.3) is 0 Å². The van der Waals surface area contributed by atoms with Crippen LogP contribution in [0.2, 0.25) is 5.02 Å². The SMILES string of the molecule is Cc1c(Cl)cccc1NC(=O)C1CCN(S(=O)(=O)c2ccc3ccccc3c2)CC1. The number of hydrogen-bond acceptors (Lipinski definition) is 3. The summed E-state index contributed by atoms with van der Waals surface area (Å²) in [6.07, 6.45) is 0.969. The minimum absolute atomic E-state index is 0.0943. The van der Waals surface area contributed by atoms with Crippen LogP contribution in [0.25, 0.3) is 10.8 Å². The number of halogens is 1. The third-order valence-electron chi connectivity index (χ3n) is 5.71. The van der Waals surface area contributed by atoms with Crippen LogP contribution in [0.5, 0.6) is 0 Å². The highest BCUT2D eigenvalue weighted by atomic mass is 35.5. The van der Waals surface area contributed by atoms with Crippen LogP contribution in [0, 0.1) is 12.8 Å². The van der Waals surface area contributed by atoms with Crippen molar-refractivity contribution in [1.29, 1.82) is 0 Å². The summed E-state index contributed by atoms with van der Waals surface area (Å²) in [5.41, 5.74) is 1.52. The van der Waals surface area contributed by atoms with Crippen LogP contribution >= 0.6 is 11.6 Å². The molecule has 1 amide bonds. The summed E-state index contributed by atoms with van der Waals surface area (Å²) < 4.78 is 27.7. The molecule has 0 atom stereocenters. The number of carbonyl (C=O) groups is 1.